The molecule has 0 aromatic heterocycles. The van der Waals surface area contributed by atoms with Gasteiger partial charge in [-0.2, -0.15) is 0 Å². The predicted octanol–water partition coefficient (Wildman–Crippen LogP) is 0.967. The van der Waals surface area contributed by atoms with Crippen LogP contribution < -0.4 is 0 Å². The van der Waals surface area contributed by atoms with Crippen LogP contribution in [0, 0.1) is 0 Å². The molecule has 0 aliphatic carbocycles. The first-order valence-electron chi connectivity index (χ1n) is 3.53. The van der Waals surface area contributed by atoms with Crippen molar-refractivity contribution in [3.05, 3.63) is 11.6 Å². The van der Waals surface area contributed by atoms with Gasteiger partial charge in [-0.25, -0.2) is 4.79 Å². The standard InChI is InChI=1S/C8H15NO2/c1-6(8(10)11)5-7(2)9(3)4/h5,7H,1-4H3,(H,10,11). The van der Waals surface area contributed by atoms with E-state index in [1.807, 2.05) is 25.9 Å². The van der Waals surface area contributed by atoms with Crippen molar-refractivity contribution in [1.29, 1.82) is 0 Å². The van der Waals surface area contributed by atoms with E-state index >= 15 is 0 Å². The number of carbonyl (C=O) groups is 1. The third-order valence-electron chi connectivity index (χ3n) is 1.64. The number of hydrogen-bond acceptors (Lipinski definition) is 2. The van der Waals surface area contributed by atoms with Gasteiger partial charge in [0.2, 0.25) is 0 Å². The maximum absolute atomic E-state index is 10.4. The molecule has 0 aliphatic heterocycles. The van der Waals surface area contributed by atoms with Gasteiger partial charge >= 0.3 is 5.97 Å². The molecule has 0 aromatic rings. The minimum absolute atomic E-state index is 0.172. The van der Waals surface area contributed by atoms with E-state index in [2.05, 4.69) is 0 Å². The lowest BCUT2D eigenvalue weighted by atomic mass is 10.2. The molecule has 1 unspecified atom stereocenters. The first-order chi connectivity index (χ1) is 4.95. The number of likely N-dealkylation sites (N-methyl/N-ethyl adjacent to an activating group) is 1. The maximum Gasteiger partial charge on any atom is 0.331 e. The van der Waals surface area contributed by atoms with Crippen LogP contribution in [0.1, 0.15) is 13.8 Å². The molecule has 0 bridgehead atoms. The lowest BCUT2D eigenvalue weighted by molar-refractivity contribution is -0.132. The molecule has 64 valence electrons. The quantitative estimate of drug-likeness (QED) is 0.620. The molecule has 3 nitrogen and oxygen atoms in total. The summed E-state index contributed by atoms with van der Waals surface area (Å²) in [6, 6.07) is 0.172. The Kier molecular flexibility index (Phi) is 3.82. The van der Waals surface area contributed by atoms with E-state index in [0.29, 0.717) is 5.57 Å². The Hall–Kier alpha value is -0.830. The second-order valence-corrected chi connectivity index (χ2v) is 2.86. The SMILES string of the molecule is CC(=CC(C)N(C)C)C(=O)O. The monoisotopic (exact) mass is 157 g/mol. The van der Waals surface area contributed by atoms with E-state index in [1.165, 1.54) is 0 Å². The fourth-order valence-corrected chi connectivity index (χ4v) is 0.582. The van der Waals surface area contributed by atoms with Gasteiger partial charge in [0.1, 0.15) is 0 Å². The summed E-state index contributed by atoms with van der Waals surface area (Å²) in [5, 5.41) is 8.53. The second kappa shape index (κ2) is 4.13. The average Bonchev–Trinajstić information content (AvgIpc) is 1.87. The largest absolute Gasteiger partial charge is 0.478 e. The second-order valence-electron chi connectivity index (χ2n) is 2.86. The zero-order valence-corrected chi connectivity index (χ0v) is 7.46. The smallest absolute Gasteiger partial charge is 0.331 e. The van der Waals surface area contributed by atoms with Gasteiger partial charge < -0.3 is 10.0 Å². The third kappa shape index (κ3) is 3.78. The molecule has 1 atom stereocenters. The van der Waals surface area contributed by atoms with Gasteiger partial charge in [-0.3, -0.25) is 0 Å². The molecule has 0 saturated carbocycles. The van der Waals surface area contributed by atoms with Gasteiger partial charge in [0, 0.05) is 11.6 Å². The summed E-state index contributed by atoms with van der Waals surface area (Å²) < 4.78 is 0. The highest BCUT2D eigenvalue weighted by atomic mass is 16.4. The van der Waals surface area contributed by atoms with Crippen LogP contribution in [0.2, 0.25) is 0 Å². The molecular weight excluding hydrogens is 142 g/mol. The van der Waals surface area contributed by atoms with E-state index in [9.17, 15) is 4.79 Å². The highest BCUT2D eigenvalue weighted by molar-refractivity contribution is 5.85. The summed E-state index contributed by atoms with van der Waals surface area (Å²) in [6.45, 7) is 3.55. The molecule has 0 fully saturated rings. The molecule has 0 aliphatic rings. The third-order valence-corrected chi connectivity index (χ3v) is 1.64. The Morgan fingerprint density at radius 1 is 1.55 bits per heavy atom. The fourth-order valence-electron chi connectivity index (χ4n) is 0.582. The first kappa shape index (κ1) is 10.2. The summed E-state index contributed by atoms with van der Waals surface area (Å²) in [6.07, 6.45) is 1.72. The number of nitrogens with zero attached hydrogens (tertiary/aromatic N) is 1. The number of carboxylic acid groups (broad SMARTS) is 1. The Labute approximate surface area is 67.3 Å². The average molecular weight is 157 g/mol. The van der Waals surface area contributed by atoms with Crippen molar-refractivity contribution in [2.45, 2.75) is 19.9 Å². The zero-order chi connectivity index (χ0) is 9.02. The van der Waals surface area contributed by atoms with Crippen molar-refractivity contribution >= 4 is 5.97 Å². The Morgan fingerprint density at radius 2 is 2.00 bits per heavy atom. The van der Waals surface area contributed by atoms with Crippen LogP contribution in [0.25, 0.3) is 0 Å². The molecule has 0 rings (SSSR count). The maximum atomic E-state index is 10.4. The molecule has 3 heteroatoms. The summed E-state index contributed by atoms with van der Waals surface area (Å²) in [5.74, 6) is -0.848. The van der Waals surface area contributed by atoms with Crippen LogP contribution in [-0.2, 0) is 4.79 Å². The van der Waals surface area contributed by atoms with Crippen molar-refractivity contribution in [1.82, 2.24) is 4.90 Å². The fraction of sp³-hybridized carbons (Fsp3) is 0.625. The van der Waals surface area contributed by atoms with Crippen LogP contribution in [0.15, 0.2) is 11.6 Å². The van der Waals surface area contributed by atoms with Crippen molar-refractivity contribution in [3.8, 4) is 0 Å². The molecule has 0 radical (unpaired) electrons. The van der Waals surface area contributed by atoms with Crippen molar-refractivity contribution < 1.29 is 9.90 Å². The molecule has 11 heavy (non-hydrogen) atoms. The van der Waals surface area contributed by atoms with Crippen molar-refractivity contribution in [3.63, 3.8) is 0 Å². The Morgan fingerprint density at radius 3 is 2.27 bits per heavy atom. The highest BCUT2D eigenvalue weighted by Crippen LogP contribution is 1.99. The highest BCUT2D eigenvalue weighted by Gasteiger charge is 2.04. The lowest BCUT2D eigenvalue weighted by Crippen LogP contribution is -2.23. The Balaban J connectivity index is 4.19. The van der Waals surface area contributed by atoms with Gasteiger partial charge in [0.25, 0.3) is 0 Å². The number of aliphatic carboxylic acids is 1. The molecule has 0 spiro atoms. The number of carboxylic acids is 1. The van der Waals surface area contributed by atoms with Gasteiger partial charge in [0.05, 0.1) is 0 Å². The molecule has 0 saturated heterocycles. The molecule has 0 heterocycles. The van der Waals surface area contributed by atoms with Gasteiger partial charge in [-0.1, -0.05) is 6.08 Å². The van der Waals surface area contributed by atoms with Crippen LogP contribution in [-0.4, -0.2) is 36.1 Å². The molecular formula is C8H15NO2. The minimum Gasteiger partial charge on any atom is -0.478 e. The van der Waals surface area contributed by atoms with Crippen LogP contribution >= 0.6 is 0 Å². The van der Waals surface area contributed by atoms with Crippen LogP contribution in [0.4, 0.5) is 0 Å². The minimum atomic E-state index is -0.848. The van der Waals surface area contributed by atoms with Crippen LogP contribution in [0.5, 0.6) is 0 Å². The number of rotatable bonds is 3. The van der Waals surface area contributed by atoms with Crippen LogP contribution in [0.3, 0.4) is 0 Å². The van der Waals surface area contributed by atoms with Gasteiger partial charge in [-0.15, -0.1) is 0 Å². The zero-order valence-electron chi connectivity index (χ0n) is 7.46. The summed E-state index contributed by atoms with van der Waals surface area (Å²) in [7, 11) is 3.83. The van der Waals surface area contributed by atoms with E-state index in [-0.39, 0.29) is 6.04 Å². The Bertz CT molecular complexity index is 173. The number of hydrogen-bond donors (Lipinski definition) is 1. The van der Waals surface area contributed by atoms with Gasteiger partial charge in [-0.05, 0) is 27.9 Å². The van der Waals surface area contributed by atoms with Crippen molar-refractivity contribution in [2.75, 3.05) is 14.1 Å². The summed E-state index contributed by atoms with van der Waals surface area (Å²) in [4.78, 5) is 12.3. The lowest BCUT2D eigenvalue weighted by Gasteiger charge is -2.15. The first-order valence-corrected chi connectivity index (χ1v) is 3.53. The summed E-state index contributed by atoms with van der Waals surface area (Å²) >= 11 is 0. The summed E-state index contributed by atoms with van der Waals surface area (Å²) in [5.41, 5.74) is 0.395. The molecule has 0 amide bonds. The van der Waals surface area contributed by atoms with E-state index < -0.39 is 5.97 Å². The van der Waals surface area contributed by atoms with E-state index in [4.69, 9.17) is 5.11 Å². The molecule has 0 aromatic carbocycles. The van der Waals surface area contributed by atoms with E-state index in [1.54, 1.807) is 13.0 Å². The van der Waals surface area contributed by atoms with Crippen molar-refractivity contribution in [2.24, 2.45) is 0 Å². The topological polar surface area (TPSA) is 40.5 Å². The predicted molar refractivity (Wildman–Crippen MR) is 44.5 cm³/mol. The van der Waals surface area contributed by atoms with E-state index in [0.717, 1.165) is 0 Å². The van der Waals surface area contributed by atoms with Gasteiger partial charge in [0.15, 0.2) is 0 Å². The normalized spacial score (nSPS) is 15.2. The molecule has 1 N–H and O–H groups in total.